The van der Waals surface area contributed by atoms with Crippen LogP contribution in [0.3, 0.4) is 0 Å². The van der Waals surface area contributed by atoms with Gasteiger partial charge in [0.15, 0.2) is 6.61 Å². The topological polar surface area (TPSA) is 49.9 Å². The van der Waals surface area contributed by atoms with E-state index in [0.29, 0.717) is 43.9 Å². The van der Waals surface area contributed by atoms with Gasteiger partial charge < -0.3 is 14.5 Å². The maximum atomic E-state index is 13.2. The molecule has 0 aliphatic carbocycles. The molecule has 0 atom stereocenters. The number of nitrogens with zero attached hydrogens (tertiary/aromatic N) is 2. The first-order valence-electron chi connectivity index (χ1n) is 9.05. The number of benzene rings is 2. The van der Waals surface area contributed by atoms with E-state index in [1.165, 1.54) is 18.2 Å². The van der Waals surface area contributed by atoms with Gasteiger partial charge in [0.2, 0.25) is 0 Å². The summed E-state index contributed by atoms with van der Waals surface area (Å²) < 4.78 is 18.6. The van der Waals surface area contributed by atoms with E-state index in [0.717, 1.165) is 5.56 Å². The van der Waals surface area contributed by atoms with Gasteiger partial charge in [0.05, 0.1) is 0 Å². The van der Waals surface area contributed by atoms with Crippen LogP contribution >= 0.6 is 0 Å². The summed E-state index contributed by atoms with van der Waals surface area (Å²) in [5.74, 6) is -0.251. The third-order valence-corrected chi connectivity index (χ3v) is 4.59. The number of amides is 2. The molecule has 6 heteroatoms. The van der Waals surface area contributed by atoms with Crippen LogP contribution in [-0.2, 0) is 4.79 Å². The van der Waals surface area contributed by atoms with Crippen LogP contribution in [-0.4, -0.2) is 54.4 Å². The third kappa shape index (κ3) is 5.06. The molecule has 142 valence electrons. The predicted molar refractivity (Wildman–Crippen MR) is 100 cm³/mol. The molecule has 2 amide bonds. The molecule has 27 heavy (non-hydrogen) atoms. The fourth-order valence-electron chi connectivity index (χ4n) is 3.04. The number of hydrogen-bond donors (Lipinski definition) is 0. The van der Waals surface area contributed by atoms with Crippen molar-refractivity contribution in [3.8, 4) is 5.75 Å². The average Bonchev–Trinajstić information content (AvgIpc) is 2.92. The standard InChI is InChI=1S/C21H23FN2O3/c1-16-6-8-17(9-7-16)21(26)24-11-3-10-23(12-13-24)20(25)15-27-19-5-2-4-18(22)14-19/h2,4-9,14H,3,10-13,15H2,1H3. The lowest BCUT2D eigenvalue weighted by Crippen LogP contribution is -2.39. The van der Waals surface area contributed by atoms with E-state index in [2.05, 4.69) is 0 Å². The van der Waals surface area contributed by atoms with Crippen molar-refractivity contribution < 1.29 is 18.7 Å². The molecule has 2 aromatic rings. The van der Waals surface area contributed by atoms with Gasteiger partial charge in [-0.05, 0) is 37.6 Å². The van der Waals surface area contributed by atoms with Crippen molar-refractivity contribution in [3.63, 3.8) is 0 Å². The Hall–Kier alpha value is -2.89. The minimum absolute atomic E-state index is 0.0136. The Kier molecular flexibility index (Phi) is 6.06. The zero-order valence-corrected chi connectivity index (χ0v) is 15.4. The van der Waals surface area contributed by atoms with Crippen LogP contribution in [0.5, 0.6) is 5.75 Å². The Balaban J connectivity index is 1.53. The van der Waals surface area contributed by atoms with E-state index < -0.39 is 5.82 Å². The van der Waals surface area contributed by atoms with E-state index >= 15 is 0 Å². The molecular weight excluding hydrogens is 347 g/mol. The van der Waals surface area contributed by atoms with Crippen LogP contribution in [0.2, 0.25) is 0 Å². The SMILES string of the molecule is Cc1ccc(C(=O)N2CCCN(C(=O)COc3cccc(F)c3)CC2)cc1. The van der Waals surface area contributed by atoms with Gasteiger partial charge in [-0.1, -0.05) is 23.8 Å². The van der Waals surface area contributed by atoms with Crippen molar-refractivity contribution in [3.05, 3.63) is 65.5 Å². The molecular formula is C21H23FN2O3. The van der Waals surface area contributed by atoms with Gasteiger partial charge in [-0.25, -0.2) is 4.39 Å². The van der Waals surface area contributed by atoms with Gasteiger partial charge in [-0.2, -0.15) is 0 Å². The summed E-state index contributed by atoms with van der Waals surface area (Å²) in [6.45, 7) is 3.97. The molecule has 1 saturated heterocycles. The molecule has 2 aromatic carbocycles. The van der Waals surface area contributed by atoms with Crippen molar-refractivity contribution >= 4 is 11.8 Å². The van der Waals surface area contributed by atoms with Crippen LogP contribution in [0.15, 0.2) is 48.5 Å². The monoisotopic (exact) mass is 370 g/mol. The lowest BCUT2D eigenvalue weighted by Gasteiger charge is -2.22. The van der Waals surface area contributed by atoms with Crippen molar-refractivity contribution in [2.75, 3.05) is 32.8 Å². The highest BCUT2D eigenvalue weighted by Gasteiger charge is 2.23. The van der Waals surface area contributed by atoms with E-state index in [1.807, 2.05) is 31.2 Å². The fourth-order valence-corrected chi connectivity index (χ4v) is 3.04. The normalized spacial score (nSPS) is 14.6. The smallest absolute Gasteiger partial charge is 0.260 e. The largest absolute Gasteiger partial charge is 0.484 e. The van der Waals surface area contributed by atoms with Crippen LogP contribution < -0.4 is 4.74 Å². The molecule has 0 saturated carbocycles. The Morgan fingerprint density at radius 2 is 1.70 bits per heavy atom. The molecule has 0 unspecified atom stereocenters. The second kappa shape index (κ2) is 8.66. The zero-order chi connectivity index (χ0) is 19.2. The number of rotatable bonds is 4. The number of halogens is 1. The van der Waals surface area contributed by atoms with Crippen LogP contribution in [0.1, 0.15) is 22.3 Å². The highest BCUT2D eigenvalue weighted by molar-refractivity contribution is 5.94. The van der Waals surface area contributed by atoms with Crippen LogP contribution in [0.4, 0.5) is 4.39 Å². The van der Waals surface area contributed by atoms with E-state index in [4.69, 9.17) is 4.74 Å². The van der Waals surface area contributed by atoms with Crippen molar-refractivity contribution in [1.29, 1.82) is 0 Å². The third-order valence-electron chi connectivity index (χ3n) is 4.59. The summed E-state index contributed by atoms with van der Waals surface area (Å²) >= 11 is 0. The van der Waals surface area contributed by atoms with E-state index in [-0.39, 0.29) is 18.4 Å². The van der Waals surface area contributed by atoms with Gasteiger partial charge in [0.25, 0.3) is 11.8 Å². The first-order valence-corrected chi connectivity index (χ1v) is 9.05. The Bertz CT molecular complexity index is 807. The fraction of sp³-hybridized carbons (Fsp3) is 0.333. The second-order valence-corrected chi connectivity index (χ2v) is 6.64. The van der Waals surface area contributed by atoms with Crippen LogP contribution in [0, 0.1) is 12.7 Å². The molecule has 1 aliphatic heterocycles. The summed E-state index contributed by atoms with van der Waals surface area (Å²) in [4.78, 5) is 28.5. The molecule has 0 spiro atoms. The summed E-state index contributed by atoms with van der Waals surface area (Å²) in [5.41, 5.74) is 1.77. The Morgan fingerprint density at radius 1 is 1.00 bits per heavy atom. The molecule has 0 radical (unpaired) electrons. The maximum absolute atomic E-state index is 13.2. The summed E-state index contributed by atoms with van der Waals surface area (Å²) in [5, 5.41) is 0. The van der Waals surface area contributed by atoms with E-state index in [1.54, 1.807) is 15.9 Å². The molecule has 0 aromatic heterocycles. The summed E-state index contributed by atoms with van der Waals surface area (Å²) in [7, 11) is 0. The quantitative estimate of drug-likeness (QED) is 0.832. The van der Waals surface area contributed by atoms with Gasteiger partial charge in [0, 0.05) is 37.8 Å². The molecule has 5 nitrogen and oxygen atoms in total. The summed E-state index contributed by atoms with van der Waals surface area (Å²) in [6, 6.07) is 13.2. The number of hydrogen-bond acceptors (Lipinski definition) is 3. The number of carbonyl (C=O) groups excluding carboxylic acids is 2. The highest BCUT2D eigenvalue weighted by Crippen LogP contribution is 2.13. The van der Waals surface area contributed by atoms with Crippen molar-refractivity contribution in [1.82, 2.24) is 9.80 Å². The van der Waals surface area contributed by atoms with Crippen LogP contribution in [0.25, 0.3) is 0 Å². The molecule has 0 bridgehead atoms. The van der Waals surface area contributed by atoms with Gasteiger partial charge in [-0.15, -0.1) is 0 Å². The molecule has 1 aliphatic rings. The minimum Gasteiger partial charge on any atom is -0.484 e. The average molecular weight is 370 g/mol. The maximum Gasteiger partial charge on any atom is 0.260 e. The first kappa shape index (κ1) is 18.9. The van der Waals surface area contributed by atoms with Gasteiger partial charge >= 0.3 is 0 Å². The Morgan fingerprint density at radius 3 is 2.44 bits per heavy atom. The van der Waals surface area contributed by atoms with Crippen molar-refractivity contribution in [2.24, 2.45) is 0 Å². The highest BCUT2D eigenvalue weighted by atomic mass is 19.1. The summed E-state index contributed by atoms with van der Waals surface area (Å²) in [6.07, 6.45) is 0.712. The van der Waals surface area contributed by atoms with Gasteiger partial charge in [-0.3, -0.25) is 9.59 Å². The van der Waals surface area contributed by atoms with Crippen molar-refractivity contribution in [2.45, 2.75) is 13.3 Å². The second-order valence-electron chi connectivity index (χ2n) is 6.64. The number of carbonyl (C=O) groups is 2. The first-order chi connectivity index (χ1) is 13.0. The number of ether oxygens (including phenoxy) is 1. The molecule has 1 heterocycles. The van der Waals surface area contributed by atoms with E-state index in [9.17, 15) is 14.0 Å². The Labute approximate surface area is 158 Å². The number of aryl methyl sites for hydroxylation is 1. The zero-order valence-electron chi connectivity index (χ0n) is 15.4. The predicted octanol–water partition coefficient (Wildman–Crippen LogP) is 2.89. The lowest BCUT2D eigenvalue weighted by atomic mass is 10.1. The van der Waals surface area contributed by atoms with Gasteiger partial charge in [0.1, 0.15) is 11.6 Å². The molecule has 1 fully saturated rings. The molecule has 3 rings (SSSR count). The minimum atomic E-state index is -0.403. The lowest BCUT2D eigenvalue weighted by molar-refractivity contribution is -0.133. The molecule has 0 N–H and O–H groups in total.